The molecule has 0 aliphatic rings. The number of carboxylic acids is 1. The van der Waals surface area contributed by atoms with E-state index < -0.39 is 5.97 Å². The number of anilines is 1. The number of unbranched alkanes of at least 4 members (excludes halogenated alkanes) is 1. The van der Waals surface area contributed by atoms with Gasteiger partial charge in [-0.3, -0.25) is 14.3 Å². The third-order valence-electron chi connectivity index (χ3n) is 4.27. The van der Waals surface area contributed by atoms with Crippen LogP contribution in [0.25, 0.3) is 0 Å². The predicted octanol–water partition coefficient (Wildman–Crippen LogP) is -2.53. The minimum atomic E-state index is -1.36. The monoisotopic (exact) mass is 401 g/mol. The second kappa shape index (κ2) is 11.1. The molecule has 1 amide bonds. The van der Waals surface area contributed by atoms with Crippen molar-refractivity contribution in [1.29, 1.82) is 0 Å². The number of hydrogen-bond acceptors (Lipinski definition) is 6. The molecule has 3 rings (SSSR count). The molecule has 30 heavy (non-hydrogen) atoms. The summed E-state index contributed by atoms with van der Waals surface area (Å²) >= 11 is 0. The number of hydrogen-bond donors (Lipinski definition) is 1. The quantitative estimate of drug-likeness (QED) is 0.312. The summed E-state index contributed by atoms with van der Waals surface area (Å²) in [4.78, 5) is 35.0. The van der Waals surface area contributed by atoms with Crippen molar-refractivity contribution in [2.75, 3.05) is 5.32 Å². The van der Waals surface area contributed by atoms with E-state index in [-0.39, 0.29) is 42.4 Å². The first-order valence-electron chi connectivity index (χ1n) is 9.17. The first kappa shape index (κ1) is 23.1. The van der Waals surface area contributed by atoms with Crippen molar-refractivity contribution in [2.45, 2.75) is 32.4 Å². The molecular formula is C20H20LiN5O4. The maximum atomic E-state index is 12.2. The Morgan fingerprint density at radius 1 is 1.07 bits per heavy atom. The maximum absolute atomic E-state index is 12.2. The van der Waals surface area contributed by atoms with Gasteiger partial charge in [0.25, 0.3) is 5.56 Å². The molecule has 1 N–H and O–H groups in total. The molecule has 0 saturated heterocycles. The zero-order chi connectivity index (χ0) is 20.6. The molecule has 0 aliphatic heterocycles. The van der Waals surface area contributed by atoms with Gasteiger partial charge in [0.15, 0.2) is 0 Å². The van der Waals surface area contributed by atoms with Crippen molar-refractivity contribution in [3.05, 3.63) is 76.5 Å². The van der Waals surface area contributed by atoms with E-state index in [1.54, 1.807) is 16.8 Å². The number of carbonyl (C=O) groups is 2. The van der Waals surface area contributed by atoms with Crippen LogP contribution in [0.3, 0.4) is 0 Å². The number of benzene rings is 1. The zero-order valence-electron chi connectivity index (χ0n) is 16.7. The van der Waals surface area contributed by atoms with E-state index in [9.17, 15) is 19.5 Å². The Hall–Kier alpha value is -3.15. The van der Waals surface area contributed by atoms with Crippen molar-refractivity contribution in [3.63, 3.8) is 0 Å². The molecule has 0 saturated carbocycles. The SMILES string of the molecule is O=C(Cc1ccccc1)Nc1ccn(CCCCn2cc(C(=O)[O-])nn2)c(=O)c1.[Li+]. The minimum Gasteiger partial charge on any atom is -0.543 e. The molecule has 0 unspecified atom stereocenters. The summed E-state index contributed by atoms with van der Waals surface area (Å²) < 4.78 is 2.99. The fraction of sp³-hybridized carbons (Fsp3) is 0.250. The molecule has 2 aromatic heterocycles. The van der Waals surface area contributed by atoms with Gasteiger partial charge in [-0.25, -0.2) is 0 Å². The van der Waals surface area contributed by atoms with E-state index in [0.29, 0.717) is 31.6 Å². The number of carbonyl (C=O) groups excluding carboxylic acids is 2. The Balaban J connectivity index is 0.00000320. The molecule has 2 heterocycles. The third-order valence-corrected chi connectivity index (χ3v) is 4.27. The first-order chi connectivity index (χ1) is 14.0. The molecule has 150 valence electrons. The minimum absolute atomic E-state index is 0. The van der Waals surface area contributed by atoms with Crippen LogP contribution in [0.1, 0.15) is 28.9 Å². The summed E-state index contributed by atoms with van der Waals surface area (Å²) in [5.74, 6) is -1.55. The summed E-state index contributed by atoms with van der Waals surface area (Å²) in [5.41, 5.74) is 0.954. The molecular weight excluding hydrogens is 381 g/mol. The number of aromatic carboxylic acids is 1. The average Bonchev–Trinajstić information content (AvgIpc) is 3.17. The zero-order valence-corrected chi connectivity index (χ0v) is 16.7. The van der Waals surface area contributed by atoms with E-state index in [1.807, 2.05) is 30.3 Å². The van der Waals surface area contributed by atoms with Gasteiger partial charge in [-0.15, -0.1) is 5.10 Å². The van der Waals surface area contributed by atoms with E-state index in [0.717, 1.165) is 5.56 Å². The molecule has 10 heteroatoms. The molecule has 0 radical (unpaired) electrons. The molecule has 1 aromatic carbocycles. The Bertz CT molecular complexity index is 1050. The largest absolute Gasteiger partial charge is 1.00 e. The average molecular weight is 401 g/mol. The van der Waals surface area contributed by atoms with Crippen LogP contribution in [0.5, 0.6) is 0 Å². The van der Waals surface area contributed by atoms with Crippen LogP contribution in [0.2, 0.25) is 0 Å². The number of nitrogens with one attached hydrogen (secondary N) is 1. The van der Waals surface area contributed by atoms with Gasteiger partial charge in [0.05, 0.1) is 18.6 Å². The maximum Gasteiger partial charge on any atom is 1.00 e. The van der Waals surface area contributed by atoms with Gasteiger partial charge >= 0.3 is 18.9 Å². The fourth-order valence-corrected chi connectivity index (χ4v) is 2.81. The van der Waals surface area contributed by atoms with Crippen LogP contribution < -0.4 is 34.8 Å². The van der Waals surface area contributed by atoms with Crippen LogP contribution >= 0.6 is 0 Å². The molecule has 0 bridgehead atoms. The third kappa shape index (κ3) is 6.72. The number of rotatable bonds is 9. The smallest absolute Gasteiger partial charge is 0.543 e. The normalized spacial score (nSPS) is 10.3. The van der Waals surface area contributed by atoms with Gasteiger partial charge in [0.1, 0.15) is 5.69 Å². The van der Waals surface area contributed by atoms with E-state index in [2.05, 4.69) is 15.6 Å². The van der Waals surface area contributed by atoms with Crippen molar-refractivity contribution < 1.29 is 33.6 Å². The molecule has 0 aliphatic carbocycles. The van der Waals surface area contributed by atoms with Gasteiger partial charge in [-0.2, -0.15) is 0 Å². The number of pyridine rings is 1. The van der Waals surface area contributed by atoms with Crippen LogP contribution in [0.15, 0.2) is 59.7 Å². The van der Waals surface area contributed by atoms with Crippen LogP contribution in [-0.2, 0) is 24.3 Å². The van der Waals surface area contributed by atoms with Gasteiger partial charge in [0, 0.05) is 31.0 Å². The topological polar surface area (TPSA) is 122 Å². The van der Waals surface area contributed by atoms with E-state index >= 15 is 0 Å². The van der Waals surface area contributed by atoms with Gasteiger partial charge < -0.3 is 19.8 Å². The molecule has 0 fully saturated rings. The number of carboxylic acid groups (broad SMARTS) is 1. The van der Waals surface area contributed by atoms with E-state index in [1.165, 1.54) is 16.9 Å². The Morgan fingerprint density at radius 2 is 1.80 bits per heavy atom. The number of aryl methyl sites for hydroxylation is 2. The summed E-state index contributed by atoms with van der Waals surface area (Å²) in [5, 5.41) is 20.6. The fourth-order valence-electron chi connectivity index (χ4n) is 2.81. The van der Waals surface area contributed by atoms with Gasteiger partial charge in [-0.1, -0.05) is 35.5 Å². The summed E-state index contributed by atoms with van der Waals surface area (Å²) in [6, 6.07) is 12.5. The molecule has 0 atom stereocenters. The number of nitrogens with zero attached hydrogens (tertiary/aromatic N) is 4. The van der Waals surface area contributed by atoms with Crippen molar-refractivity contribution in [2.24, 2.45) is 0 Å². The summed E-state index contributed by atoms with van der Waals surface area (Å²) in [7, 11) is 0. The first-order valence-corrected chi connectivity index (χ1v) is 9.17. The second-order valence-electron chi connectivity index (χ2n) is 6.52. The Kier molecular flexibility index (Phi) is 8.59. The van der Waals surface area contributed by atoms with Gasteiger partial charge in [-0.05, 0) is 24.5 Å². The van der Waals surface area contributed by atoms with Gasteiger partial charge in [0.2, 0.25) is 5.91 Å². The molecule has 3 aromatic rings. The van der Waals surface area contributed by atoms with Crippen molar-refractivity contribution >= 4 is 17.6 Å². The summed E-state index contributed by atoms with van der Waals surface area (Å²) in [6.07, 6.45) is 4.59. The number of amides is 1. The number of aromatic nitrogens is 4. The van der Waals surface area contributed by atoms with Crippen LogP contribution in [0.4, 0.5) is 5.69 Å². The Labute approximate surface area is 184 Å². The second-order valence-corrected chi connectivity index (χ2v) is 6.52. The van der Waals surface area contributed by atoms with E-state index in [4.69, 9.17) is 0 Å². The van der Waals surface area contributed by atoms with Crippen LogP contribution in [0, 0.1) is 0 Å². The van der Waals surface area contributed by atoms with Crippen molar-refractivity contribution in [1.82, 2.24) is 19.6 Å². The van der Waals surface area contributed by atoms with Crippen LogP contribution in [-0.4, -0.2) is 31.4 Å². The molecule has 0 spiro atoms. The summed E-state index contributed by atoms with van der Waals surface area (Å²) in [6.45, 7) is 0.988. The van der Waals surface area contributed by atoms with Crippen molar-refractivity contribution in [3.8, 4) is 0 Å². The Morgan fingerprint density at radius 3 is 2.47 bits per heavy atom. The standard InChI is InChI=1S/C20H21N5O4.Li/c26-18(12-15-6-2-1-3-7-15)21-16-8-11-24(19(27)13-16)9-4-5-10-25-14-17(20(28)29)22-23-25;/h1-3,6-8,11,13-14H,4-5,9-10,12H2,(H,21,26)(H,28,29);/q;+1/p-1. The predicted molar refractivity (Wildman–Crippen MR) is 103 cm³/mol. The molecule has 9 nitrogen and oxygen atoms in total.